The Morgan fingerprint density at radius 2 is 1.77 bits per heavy atom. The zero-order valence-electron chi connectivity index (χ0n) is 12.3. The highest BCUT2D eigenvalue weighted by molar-refractivity contribution is 7.89. The monoisotopic (exact) mass is 324 g/mol. The Kier molecular flexibility index (Phi) is 4.18. The number of nitro benzene ring substituents is 1. The van der Waals surface area contributed by atoms with Crippen LogP contribution in [0.5, 0.6) is 0 Å². The number of benzene rings is 1. The lowest BCUT2D eigenvalue weighted by molar-refractivity contribution is -0.387. The van der Waals surface area contributed by atoms with E-state index < -0.39 is 14.9 Å². The largest absolute Gasteiger partial charge is 0.289 e. The first-order chi connectivity index (χ1) is 10.5. The van der Waals surface area contributed by atoms with Crippen LogP contribution < -0.4 is 0 Å². The number of rotatable bonds is 3. The van der Waals surface area contributed by atoms with Crippen molar-refractivity contribution in [1.29, 1.82) is 0 Å². The number of nitro groups is 1. The molecule has 6 nitrogen and oxygen atoms in total. The normalized spacial score (nSPS) is 26.4. The van der Waals surface area contributed by atoms with Crippen molar-refractivity contribution in [3.8, 4) is 0 Å². The highest BCUT2D eigenvalue weighted by atomic mass is 32.2. The molecular weight excluding hydrogens is 304 g/mol. The van der Waals surface area contributed by atoms with Gasteiger partial charge in [0.2, 0.25) is 10.0 Å². The second-order valence-corrected chi connectivity index (χ2v) is 7.95. The fourth-order valence-corrected chi connectivity index (χ4v) is 5.74. The minimum absolute atomic E-state index is 0.00677. The van der Waals surface area contributed by atoms with Gasteiger partial charge in [0.1, 0.15) is 0 Å². The summed E-state index contributed by atoms with van der Waals surface area (Å²) in [4.78, 5) is 10.4. The van der Waals surface area contributed by atoms with Crippen molar-refractivity contribution in [1.82, 2.24) is 4.31 Å². The molecule has 1 saturated heterocycles. The molecule has 3 rings (SSSR count). The van der Waals surface area contributed by atoms with Gasteiger partial charge >= 0.3 is 0 Å². The van der Waals surface area contributed by atoms with E-state index in [1.165, 1.54) is 22.5 Å². The zero-order chi connectivity index (χ0) is 15.7. The van der Waals surface area contributed by atoms with Crippen LogP contribution in [-0.4, -0.2) is 30.2 Å². The van der Waals surface area contributed by atoms with Gasteiger partial charge < -0.3 is 0 Å². The van der Waals surface area contributed by atoms with Crippen LogP contribution in [0.3, 0.4) is 0 Å². The summed E-state index contributed by atoms with van der Waals surface area (Å²) in [6.45, 7) is 0.468. The lowest BCUT2D eigenvalue weighted by atomic mass is 9.79. The molecule has 0 radical (unpaired) electrons. The fourth-order valence-electron chi connectivity index (χ4n) is 3.83. The highest BCUT2D eigenvalue weighted by Crippen LogP contribution is 2.39. The van der Waals surface area contributed by atoms with Gasteiger partial charge in [0.15, 0.2) is 4.90 Å². The van der Waals surface area contributed by atoms with Gasteiger partial charge in [-0.05, 0) is 37.7 Å². The molecule has 1 heterocycles. The third-order valence-electron chi connectivity index (χ3n) is 4.84. The van der Waals surface area contributed by atoms with Crippen LogP contribution in [-0.2, 0) is 10.0 Å². The molecule has 2 fully saturated rings. The summed E-state index contributed by atoms with van der Waals surface area (Å²) in [6, 6.07) is 5.65. The quantitative estimate of drug-likeness (QED) is 0.632. The molecule has 0 aromatic heterocycles. The van der Waals surface area contributed by atoms with Gasteiger partial charge in [-0.3, -0.25) is 10.1 Å². The molecule has 1 aliphatic carbocycles. The molecule has 0 spiro atoms. The molecule has 2 aliphatic rings. The summed E-state index contributed by atoms with van der Waals surface area (Å²) in [7, 11) is -3.82. The fraction of sp³-hybridized carbons (Fsp3) is 0.600. The minimum Gasteiger partial charge on any atom is -0.258 e. The van der Waals surface area contributed by atoms with Crippen LogP contribution in [0.1, 0.15) is 38.5 Å². The van der Waals surface area contributed by atoms with E-state index >= 15 is 0 Å². The molecule has 7 heteroatoms. The Hall–Kier alpha value is -1.47. The van der Waals surface area contributed by atoms with Crippen molar-refractivity contribution in [2.24, 2.45) is 5.92 Å². The Bertz CT molecular complexity index is 672. The van der Waals surface area contributed by atoms with E-state index in [1.54, 1.807) is 6.07 Å². The van der Waals surface area contributed by atoms with E-state index in [-0.39, 0.29) is 16.6 Å². The number of para-hydroxylation sites is 1. The maximum absolute atomic E-state index is 13.0. The third-order valence-corrected chi connectivity index (χ3v) is 6.81. The predicted molar refractivity (Wildman–Crippen MR) is 82.0 cm³/mol. The summed E-state index contributed by atoms with van der Waals surface area (Å²) in [5.41, 5.74) is -0.333. The molecule has 1 saturated carbocycles. The molecule has 1 aromatic rings. The predicted octanol–water partition coefficient (Wildman–Crippen LogP) is 2.94. The molecule has 22 heavy (non-hydrogen) atoms. The SMILES string of the molecule is O=[N+]([O-])c1ccccc1S(=O)(=O)N1CCC[C@@H]2CCCC[C@@H]21. The summed E-state index contributed by atoms with van der Waals surface area (Å²) in [5, 5.41) is 11.2. The average Bonchev–Trinajstić information content (AvgIpc) is 2.54. The first-order valence-electron chi connectivity index (χ1n) is 7.77. The van der Waals surface area contributed by atoms with E-state index in [1.807, 2.05) is 0 Å². The minimum atomic E-state index is -3.82. The van der Waals surface area contributed by atoms with E-state index in [0.717, 1.165) is 38.5 Å². The Morgan fingerprint density at radius 3 is 2.55 bits per heavy atom. The topological polar surface area (TPSA) is 80.5 Å². The number of fused-ring (bicyclic) bond motifs is 1. The van der Waals surface area contributed by atoms with Gasteiger partial charge in [-0.15, -0.1) is 0 Å². The Labute approximate surface area is 130 Å². The molecule has 0 bridgehead atoms. The number of piperidine rings is 1. The maximum Gasteiger partial charge on any atom is 0.289 e. The van der Waals surface area contributed by atoms with E-state index in [4.69, 9.17) is 0 Å². The van der Waals surface area contributed by atoms with Gasteiger partial charge in [0.05, 0.1) is 4.92 Å². The van der Waals surface area contributed by atoms with Gasteiger partial charge in [-0.25, -0.2) is 8.42 Å². The molecule has 1 aromatic carbocycles. The third kappa shape index (κ3) is 2.63. The van der Waals surface area contributed by atoms with Crippen molar-refractivity contribution >= 4 is 15.7 Å². The summed E-state index contributed by atoms with van der Waals surface area (Å²) in [6.07, 6.45) is 6.01. The molecule has 0 unspecified atom stereocenters. The van der Waals surface area contributed by atoms with Crippen LogP contribution in [0.25, 0.3) is 0 Å². The number of nitrogens with zero attached hydrogens (tertiary/aromatic N) is 2. The van der Waals surface area contributed by atoms with Crippen molar-refractivity contribution in [2.75, 3.05) is 6.54 Å². The van der Waals surface area contributed by atoms with Crippen LogP contribution in [0, 0.1) is 16.0 Å². The van der Waals surface area contributed by atoms with Gasteiger partial charge in [0, 0.05) is 18.7 Å². The van der Waals surface area contributed by atoms with E-state index in [0.29, 0.717) is 12.5 Å². The van der Waals surface area contributed by atoms with Crippen LogP contribution >= 0.6 is 0 Å². The van der Waals surface area contributed by atoms with Crippen LogP contribution in [0.15, 0.2) is 29.2 Å². The first kappa shape index (κ1) is 15.4. The maximum atomic E-state index is 13.0. The van der Waals surface area contributed by atoms with Crippen molar-refractivity contribution in [3.05, 3.63) is 34.4 Å². The summed E-state index contributed by atoms with van der Waals surface area (Å²) >= 11 is 0. The van der Waals surface area contributed by atoms with Gasteiger partial charge in [-0.2, -0.15) is 4.31 Å². The first-order valence-corrected chi connectivity index (χ1v) is 9.21. The lowest BCUT2D eigenvalue weighted by Crippen LogP contribution is -2.49. The number of sulfonamides is 1. The van der Waals surface area contributed by atoms with Gasteiger partial charge in [-0.1, -0.05) is 25.0 Å². The Morgan fingerprint density at radius 1 is 1.09 bits per heavy atom. The summed E-state index contributed by atoms with van der Waals surface area (Å²) in [5.74, 6) is 0.403. The average molecular weight is 324 g/mol. The van der Waals surface area contributed by atoms with E-state index in [9.17, 15) is 18.5 Å². The Balaban J connectivity index is 2.00. The molecule has 0 amide bonds. The zero-order valence-corrected chi connectivity index (χ0v) is 13.2. The van der Waals surface area contributed by atoms with Crippen molar-refractivity contribution in [2.45, 2.75) is 49.5 Å². The van der Waals surface area contributed by atoms with Crippen molar-refractivity contribution in [3.63, 3.8) is 0 Å². The molecule has 0 N–H and O–H groups in total. The van der Waals surface area contributed by atoms with Crippen LogP contribution in [0.4, 0.5) is 5.69 Å². The lowest BCUT2D eigenvalue weighted by Gasteiger charge is -2.42. The number of hydrogen-bond donors (Lipinski definition) is 0. The van der Waals surface area contributed by atoms with Crippen molar-refractivity contribution < 1.29 is 13.3 Å². The molecule has 1 aliphatic heterocycles. The number of hydrogen-bond acceptors (Lipinski definition) is 4. The molecule has 2 atom stereocenters. The smallest absolute Gasteiger partial charge is 0.258 e. The summed E-state index contributed by atoms with van der Waals surface area (Å²) < 4.78 is 27.5. The van der Waals surface area contributed by atoms with E-state index in [2.05, 4.69) is 0 Å². The second-order valence-electron chi connectivity index (χ2n) is 6.09. The molecular formula is C15H20N2O4S. The van der Waals surface area contributed by atoms with Crippen LogP contribution in [0.2, 0.25) is 0 Å². The van der Waals surface area contributed by atoms with Gasteiger partial charge in [0.25, 0.3) is 5.69 Å². The molecule has 120 valence electrons. The second kappa shape index (κ2) is 5.96. The highest BCUT2D eigenvalue weighted by Gasteiger charge is 2.41. The standard InChI is InChI=1S/C15H20N2O4S/c18-17(19)14-9-3-4-10-15(14)22(20,21)16-11-5-7-12-6-1-2-8-13(12)16/h3-4,9-10,12-13H,1-2,5-8,11H2/t12-,13-/m0/s1.